The van der Waals surface area contributed by atoms with Gasteiger partial charge >= 0.3 is 0 Å². The SMILES string of the molecule is O=C(NNC(=O)C1CCCN1S(=O)(=O)c1ccc(Cl)s1)C1COc2ccccc2O1. The third kappa shape index (κ3) is 4.10. The molecule has 2 unspecified atom stereocenters. The Hall–Kier alpha value is -2.34. The molecule has 30 heavy (non-hydrogen) atoms. The van der Waals surface area contributed by atoms with Gasteiger partial charge in [-0.25, -0.2) is 8.42 Å². The van der Waals surface area contributed by atoms with Crippen LogP contribution in [0.1, 0.15) is 12.8 Å². The van der Waals surface area contributed by atoms with Crippen molar-refractivity contribution in [2.75, 3.05) is 13.2 Å². The minimum atomic E-state index is -3.86. The summed E-state index contributed by atoms with van der Waals surface area (Å²) < 4.78 is 38.3. The predicted molar refractivity (Wildman–Crippen MR) is 109 cm³/mol. The zero-order chi connectivity index (χ0) is 21.3. The van der Waals surface area contributed by atoms with Crippen molar-refractivity contribution in [3.05, 3.63) is 40.7 Å². The van der Waals surface area contributed by atoms with Crippen LogP contribution in [0.5, 0.6) is 11.5 Å². The first-order valence-corrected chi connectivity index (χ1v) is 11.7. The lowest BCUT2D eigenvalue weighted by atomic mass is 10.2. The average molecular weight is 472 g/mol. The van der Waals surface area contributed by atoms with Crippen LogP contribution in [0.25, 0.3) is 0 Å². The summed E-state index contributed by atoms with van der Waals surface area (Å²) in [5.41, 5.74) is 4.59. The van der Waals surface area contributed by atoms with E-state index in [1.807, 2.05) is 0 Å². The fourth-order valence-electron chi connectivity index (χ4n) is 3.28. The number of sulfonamides is 1. The fourth-order valence-corrected chi connectivity index (χ4v) is 6.55. The van der Waals surface area contributed by atoms with Gasteiger partial charge in [0.15, 0.2) is 11.5 Å². The Morgan fingerprint density at radius 3 is 2.57 bits per heavy atom. The van der Waals surface area contributed by atoms with Crippen LogP contribution >= 0.6 is 22.9 Å². The molecule has 2 atom stereocenters. The number of hydrogen-bond donors (Lipinski definition) is 2. The summed E-state index contributed by atoms with van der Waals surface area (Å²) in [4.78, 5) is 25.0. The van der Waals surface area contributed by atoms with Gasteiger partial charge in [0.25, 0.3) is 21.8 Å². The maximum Gasteiger partial charge on any atom is 0.283 e. The highest BCUT2D eigenvalue weighted by atomic mass is 35.5. The zero-order valence-electron chi connectivity index (χ0n) is 15.5. The lowest BCUT2D eigenvalue weighted by Gasteiger charge is -2.26. The van der Waals surface area contributed by atoms with E-state index in [0.29, 0.717) is 28.7 Å². The Labute approximate surface area is 181 Å². The Balaban J connectivity index is 1.37. The van der Waals surface area contributed by atoms with E-state index in [1.54, 1.807) is 24.3 Å². The molecule has 2 aliphatic rings. The van der Waals surface area contributed by atoms with Crippen LogP contribution < -0.4 is 20.3 Å². The molecule has 4 rings (SSSR count). The second-order valence-corrected chi connectivity index (χ2v) is 10.5. The average Bonchev–Trinajstić information content (AvgIpc) is 3.41. The van der Waals surface area contributed by atoms with Crippen molar-refractivity contribution in [1.82, 2.24) is 15.2 Å². The van der Waals surface area contributed by atoms with Gasteiger partial charge in [-0.1, -0.05) is 23.7 Å². The summed E-state index contributed by atoms with van der Waals surface area (Å²) in [5.74, 6) is -0.261. The van der Waals surface area contributed by atoms with Gasteiger partial charge in [0.2, 0.25) is 6.10 Å². The molecule has 12 heteroatoms. The van der Waals surface area contributed by atoms with Crippen molar-refractivity contribution < 1.29 is 27.5 Å². The third-order valence-electron chi connectivity index (χ3n) is 4.73. The first-order valence-electron chi connectivity index (χ1n) is 9.11. The molecule has 2 aromatic rings. The molecule has 1 saturated heterocycles. The van der Waals surface area contributed by atoms with Crippen LogP contribution in [0.15, 0.2) is 40.6 Å². The molecule has 160 valence electrons. The quantitative estimate of drug-likeness (QED) is 0.654. The zero-order valence-corrected chi connectivity index (χ0v) is 17.9. The van der Waals surface area contributed by atoms with Crippen LogP contribution in [0, 0.1) is 0 Å². The highest BCUT2D eigenvalue weighted by Gasteiger charge is 2.40. The molecular weight excluding hydrogens is 454 g/mol. The van der Waals surface area contributed by atoms with Crippen LogP contribution in [0.4, 0.5) is 0 Å². The normalized spacial score (nSPS) is 21.2. The fraction of sp³-hybridized carbons (Fsp3) is 0.333. The van der Waals surface area contributed by atoms with Crippen molar-refractivity contribution in [1.29, 1.82) is 0 Å². The Morgan fingerprint density at radius 1 is 1.10 bits per heavy atom. The van der Waals surface area contributed by atoms with Crippen LogP contribution in [0.2, 0.25) is 4.34 Å². The molecule has 2 N–H and O–H groups in total. The van der Waals surface area contributed by atoms with E-state index in [-0.39, 0.29) is 17.4 Å². The number of hydrogen-bond acceptors (Lipinski definition) is 7. The van der Waals surface area contributed by atoms with E-state index in [0.717, 1.165) is 15.6 Å². The molecular formula is C18H18ClN3O6S2. The van der Waals surface area contributed by atoms with Gasteiger partial charge in [0, 0.05) is 6.54 Å². The minimum absolute atomic E-state index is 0.0121. The number of para-hydroxylation sites is 2. The van der Waals surface area contributed by atoms with Gasteiger partial charge in [-0.2, -0.15) is 4.31 Å². The maximum absolute atomic E-state index is 12.8. The summed E-state index contributed by atoms with van der Waals surface area (Å²) in [7, 11) is -3.86. The standard InChI is InChI=1S/C18H18ClN3O6S2/c19-15-7-8-16(29-15)30(25,26)22-9-3-4-11(22)17(23)20-21-18(24)14-10-27-12-5-1-2-6-13(12)28-14/h1-2,5-8,11,14H,3-4,9-10H2,(H,20,23)(H,21,24). The molecule has 1 fully saturated rings. The summed E-state index contributed by atoms with van der Waals surface area (Å²) in [5, 5.41) is 0. The van der Waals surface area contributed by atoms with E-state index >= 15 is 0 Å². The number of fused-ring (bicyclic) bond motifs is 1. The Bertz CT molecular complexity index is 1070. The highest BCUT2D eigenvalue weighted by molar-refractivity contribution is 7.91. The number of nitrogens with one attached hydrogen (secondary N) is 2. The van der Waals surface area contributed by atoms with E-state index in [4.69, 9.17) is 21.1 Å². The number of benzene rings is 1. The molecule has 1 aromatic heterocycles. The molecule has 9 nitrogen and oxygen atoms in total. The number of halogens is 1. The van der Waals surface area contributed by atoms with E-state index in [1.165, 1.54) is 12.1 Å². The molecule has 1 aromatic carbocycles. The minimum Gasteiger partial charge on any atom is -0.485 e. The number of hydrazine groups is 1. The monoisotopic (exact) mass is 471 g/mol. The summed E-state index contributed by atoms with van der Waals surface area (Å²) in [6.45, 7) is 0.196. The van der Waals surface area contributed by atoms with E-state index in [9.17, 15) is 18.0 Å². The number of carbonyl (C=O) groups excluding carboxylic acids is 2. The van der Waals surface area contributed by atoms with Crippen molar-refractivity contribution in [3.8, 4) is 11.5 Å². The lowest BCUT2D eigenvalue weighted by molar-refractivity contribution is -0.136. The molecule has 0 radical (unpaired) electrons. The Morgan fingerprint density at radius 2 is 1.83 bits per heavy atom. The largest absolute Gasteiger partial charge is 0.485 e. The second kappa shape index (κ2) is 8.42. The number of nitrogens with zero attached hydrogens (tertiary/aromatic N) is 1. The first-order chi connectivity index (χ1) is 14.4. The van der Waals surface area contributed by atoms with Crippen molar-refractivity contribution in [2.24, 2.45) is 0 Å². The molecule has 2 aliphatic heterocycles. The number of thiophene rings is 1. The summed E-state index contributed by atoms with van der Waals surface area (Å²) in [6, 6.07) is 8.91. The number of ether oxygens (including phenoxy) is 2. The van der Waals surface area contributed by atoms with Gasteiger partial charge in [-0.15, -0.1) is 11.3 Å². The van der Waals surface area contributed by atoms with Crippen LogP contribution in [0.3, 0.4) is 0 Å². The van der Waals surface area contributed by atoms with Gasteiger partial charge < -0.3 is 9.47 Å². The number of rotatable bonds is 4. The molecule has 0 spiro atoms. The smallest absolute Gasteiger partial charge is 0.283 e. The highest BCUT2D eigenvalue weighted by Crippen LogP contribution is 2.32. The summed E-state index contributed by atoms with van der Waals surface area (Å²) in [6.07, 6.45) is -0.0751. The molecule has 2 amide bonds. The van der Waals surface area contributed by atoms with Crippen LogP contribution in [-0.4, -0.2) is 49.8 Å². The number of carbonyl (C=O) groups is 2. The van der Waals surface area contributed by atoms with E-state index < -0.39 is 34.0 Å². The van der Waals surface area contributed by atoms with Crippen molar-refractivity contribution in [2.45, 2.75) is 29.2 Å². The van der Waals surface area contributed by atoms with Gasteiger partial charge in [0.1, 0.15) is 16.9 Å². The van der Waals surface area contributed by atoms with Gasteiger partial charge in [-0.3, -0.25) is 20.4 Å². The molecule has 0 aliphatic carbocycles. The maximum atomic E-state index is 12.8. The van der Waals surface area contributed by atoms with Crippen molar-refractivity contribution >= 4 is 44.8 Å². The molecule has 0 bridgehead atoms. The topological polar surface area (TPSA) is 114 Å². The molecule has 0 saturated carbocycles. The molecule has 3 heterocycles. The van der Waals surface area contributed by atoms with E-state index in [2.05, 4.69) is 10.9 Å². The van der Waals surface area contributed by atoms with Crippen LogP contribution in [-0.2, 0) is 19.6 Å². The van der Waals surface area contributed by atoms with Gasteiger partial charge in [0.05, 0.1) is 4.34 Å². The first kappa shape index (κ1) is 20.9. The lowest BCUT2D eigenvalue weighted by Crippen LogP contribution is -2.55. The second-order valence-electron chi connectivity index (χ2n) is 6.68. The number of amides is 2. The predicted octanol–water partition coefficient (Wildman–Crippen LogP) is 1.54. The van der Waals surface area contributed by atoms with Crippen molar-refractivity contribution in [3.63, 3.8) is 0 Å². The van der Waals surface area contributed by atoms with Gasteiger partial charge in [-0.05, 0) is 37.1 Å². The third-order valence-corrected chi connectivity index (χ3v) is 8.33. The Kier molecular flexibility index (Phi) is 5.87. The summed E-state index contributed by atoms with van der Waals surface area (Å²) >= 11 is 6.78.